The van der Waals surface area contributed by atoms with E-state index in [0.717, 1.165) is 53.4 Å². The lowest BCUT2D eigenvalue weighted by molar-refractivity contribution is -0.136. The normalized spacial score (nSPS) is 23.2. The topological polar surface area (TPSA) is 109 Å². The zero-order chi connectivity index (χ0) is 27.3. The van der Waals surface area contributed by atoms with Crippen LogP contribution in [0.15, 0.2) is 48.5 Å². The Labute approximate surface area is 228 Å². The number of amides is 3. The number of carbonyl (C=O) groups is 3. The summed E-state index contributed by atoms with van der Waals surface area (Å²) >= 11 is 0. The standard InChI is InChI=1S/C31H33N5O3/c1-19-8-7-13-24-22(19)15-26(33-24)28(37)35(2)27(14-20-9-3-4-10-20)29(38)36-18-31(16-21(36)17-32)23-11-5-6-12-25(23)34-30(31)39/h5-8,11-13,15,20-21,27,33H,3-4,9-10,14,16,18H2,1-2H3,(H,34,39)/t21-,27-,31-/m0/s1. The Balaban J connectivity index is 1.32. The van der Waals surface area contributed by atoms with Crippen molar-refractivity contribution in [1.29, 1.82) is 5.26 Å². The van der Waals surface area contributed by atoms with Crippen molar-refractivity contribution >= 4 is 34.3 Å². The first-order valence-corrected chi connectivity index (χ1v) is 13.8. The predicted molar refractivity (Wildman–Crippen MR) is 148 cm³/mol. The number of H-pyrrole nitrogens is 1. The summed E-state index contributed by atoms with van der Waals surface area (Å²) in [7, 11) is 1.68. The van der Waals surface area contributed by atoms with Gasteiger partial charge in [-0.25, -0.2) is 0 Å². The molecule has 1 aromatic heterocycles. The van der Waals surface area contributed by atoms with Gasteiger partial charge >= 0.3 is 0 Å². The molecule has 3 heterocycles. The fourth-order valence-electron chi connectivity index (χ4n) is 6.92. The maximum Gasteiger partial charge on any atom is 0.270 e. The van der Waals surface area contributed by atoms with E-state index in [1.165, 1.54) is 0 Å². The Morgan fingerprint density at radius 3 is 2.69 bits per heavy atom. The molecule has 3 atom stereocenters. The van der Waals surface area contributed by atoms with Crippen molar-refractivity contribution in [2.24, 2.45) is 5.92 Å². The van der Waals surface area contributed by atoms with Gasteiger partial charge in [-0.3, -0.25) is 14.4 Å². The molecule has 8 heteroatoms. The fraction of sp³-hybridized carbons (Fsp3) is 0.419. The molecule has 1 saturated carbocycles. The summed E-state index contributed by atoms with van der Waals surface area (Å²) in [5, 5.41) is 14.0. The van der Waals surface area contributed by atoms with Crippen LogP contribution in [0, 0.1) is 24.2 Å². The predicted octanol–water partition coefficient (Wildman–Crippen LogP) is 4.51. The highest BCUT2D eigenvalue weighted by molar-refractivity contribution is 6.07. The highest BCUT2D eigenvalue weighted by Gasteiger charge is 2.56. The van der Waals surface area contributed by atoms with Crippen molar-refractivity contribution in [3.8, 4) is 6.07 Å². The number of hydrogen-bond acceptors (Lipinski definition) is 4. The first-order chi connectivity index (χ1) is 18.8. The summed E-state index contributed by atoms with van der Waals surface area (Å²) in [5.41, 5.74) is 2.99. The SMILES string of the molecule is Cc1cccc2[nH]c(C(=O)N(C)[C@@H](CC3CCCC3)C(=O)N3C[C@]4(C[C@H]3C#N)C(=O)Nc3ccccc34)cc12. The number of likely N-dealkylation sites (tertiary alicyclic amines) is 1. The van der Waals surface area contributed by atoms with Gasteiger partial charge in [-0.2, -0.15) is 5.26 Å². The lowest BCUT2D eigenvalue weighted by atomic mass is 9.80. The Morgan fingerprint density at radius 2 is 1.95 bits per heavy atom. The number of hydrogen-bond donors (Lipinski definition) is 2. The number of aryl methyl sites for hydroxylation is 1. The first-order valence-electron chi connectivity index (χ1n) is 13.8. The lowest BCUT2D eigenvalue weighted by Crippen LogP contribution is -2.52. The second kappa shape index (κ2) is 9.57. The van der Waals surface area contributed by atoms with E-state index in [9.17, 15) is 19.6 Å². The molecule has 2 aromatic carbocycles. The minimum atomic E-state index is -0.957. The van der Waals surface area contributed by atoms with Crippen LogP contribution < -0.4 is 5.32 Å². The molecule has 2 fully saturated rings. The largest absolute Gasteiger partial charge is 0.351 e. The maximum absolute atomic E-state index is 14.3. The molecule has 1 spiro atoms. The number of nitriles is 1. The average Bonchev–Trinajstić information content (AvgIpc) is 3.73. The number of anilines is 1. The summed E-state index contributed by atoms with van der Waals surface area (Å²) in [5.74, 6) is -0.352. The van der Waals surface area contributed by atoms with Crippen molar-refractivity contribution in [3.63, 3.8) is 0 Å². The highest BCUT2D eigenvalue weighted by atomic mass is 16.2. The van der Waals surface area contributed by atoms with Crippen molar-refractivity contribution < 1.29 is 14.4 Å². The number of aromatic nitrogens is 1. The molecule has 2 N–H and O–H groups in total. The molecule has 8 nitrogen and oxygen atoms in total. The second-order valence-electron chi connectivity index (χ2n) is 11.4. The number of aromatic amines is 1. The first kappa shape index (κ1) is 25.2. The molecule has 6 rings (SSSR count). The second-order valence-corrected chi connectivity index (χ2v) is 11.4. The molecule has 0 radical (unpaired) electrons. The Morgan fingerprint density at radius 1 is 1.18 bits per heavy atom. The van der Waals surface area contributed by atoms with Crippen LogP contribution in [-0.2, 0) is 15.0 Å². The van der Waals surface area contributed by atoms with Gasteiger partial charge in [0.1, 0.15) is 17.8 Å². The third-order valence-corrected chi connectivity index (χ3v) is 9.13. The van der Waals surface area contributed by atoms with Crippen LogP contribution in [0.4, 0.5) is 5.69 Å². The molecule has 3 aromatic rings. The lowest BCUT2D eigenvalue weighted by Gasteiger charge is -2.33. The number of nitrogens with zero attached hydrogens (tertiary/aromatic N) is 3. The highest BCUT2D eigenvalue weighted by Crippen LogP contribution is 2.46. The third kappa shape index (κ3) is 4.08. The molecule has 2 aliphatic heterocycles. The molecular formula is C31H33N5O3. The van der Waals surface area contributed by atoms with E-state index in [1.54, 1.807) is 16.8 Å². The maximum atomic E-state index is 14.3. The number of rotatable bonds is 5. The average molecular weight is 524 g/mol. The Kier molecular flexibility index (Phi) is 6.17. The van der Waals surface area contributed by atoms with Crippen LogP contribution in [0.3, 0.4) is 0 Å². The van der Waals surface area contributed by atoms with Gasteiger partial charge in [0, 0.05) is 36.6 Å². The van der Waals surface area contributed by atoms with Gasteiger partial charge in [-0.1, -0.05) is 56.0 Å². The van der Waals surface area contributed by atoms with Gasteiger partial charge in [0.15, 0.2) is 0 Å². The molecule has 1 aliphatic carbocycles. The smallest absolute Gasteiger partial charge is 0.270 e. The fourth-order valence-corrected chi connectivity index (χ4v) is 6.92. The van der Waals surface area contributed by atoms with Gasteiger partial charge < -0.3 is 20.1 Å². The summed E-state index contributed by atoms with van der Waals surface area (Å²) < 4.78 is 0. The molecule has 39 heavy (non-hydrogen) atoms. The van der Waals surface area contributed by atoms with Crippen LogP contribution in [-0.4, -0.2) is 58.2 Å². The Hall–Kier alpha value is -4.12. The van der Waals surface area contributed by atoms with Crippen LogP contribution in [0.1, 0.15) is 60.1 Å². The molecule has 0 bridgehead atoms. The van der Waals surface area contributed by atoms with E-state index >= 15 is 0 Å². The van der Waals surface area contributed by atoms with Gasteiger partial charge in [-0.15, -0.1) is 0 Å². The van der Waals surface area contributed by atoms with Crippen LogP contribution in [0.5, 0.6) is 0 Å². The summed E-state index contributed by atoms with van der Waals surface area (Å²) in [6, 6.07) is 16.0. The molecule has 200 valence electrons. The van der Waals surface area contributed by atoms with E-state index in [-0.39, 0.29) is 30.7 Å². The van der Waals surface area contributed by atoms with E-state index in [1.807, 2.05) is 55.5 Å². The molecule has 3 amide bonds. The summed E-state index contributed by atoms with van der Waals surface area (Å²) in [6.45, 7) is 2.13. The van der Waals surface area contributed by atoms with Gasteiger partial charge in [0.05, 0.1) is 11.5 Å². The number of carbonyl (C=O) groups excluding carboxylic acids is 3. The van der Waals surface area contributed by atoms with Gasteiger partial charge in [0.2, 0.25) is 11.8 Å². The minimum Gasteiger partial charge on any atom is -0.351 e. The molecule has 1 saturated heterocycles. The molecule has 3 aliphatic rings. The summed E-state index contributed by atoms with van der Waals surface area (Å²) in [6.07, 6.45) is 5.08. The number of benzene rings is 2. The third-order valence-electron chi connectivity index (χ3n) is 9.13. The van der Waals surface area contributed by atoms with Crippen LogP contribution in [0.2, 0.25) is 0 Å². The number of nitrogens with one attached hydrogen (secondary N) is 2. The van der Waals surface area contributed by atoms with Crippen molar-refractivity contribution in [2.45, 2.75) is 62.9 Å². The van der Waals surface area contributed by atoms with Crippen LogP contribution >= 0.6 is 0 Å². The monoisotopic (exact) mass is 523 g/mol. The van der Waals surface area contributed by atoms with Crippen molar-refractivity contribution in [2.75, 3.05) is 18.9 Å². The quantitative estimate of drug-likeness (QED) is 0.513. The Bertz CT molecular complexity index is 1510. The number of para-hydroxylation sites is 1. The van der Waals surface area contributed by atoms with Gasteiger partial charge in [0.25, 0.3) is 5.91 Å². The van der Waals surface area contributed by atoms with Crippen molar-refractivity contribution in [3.05, 3.63) is 65.4 Å². The number of fused-ring (bicyclic) bond motifs is 3. The van der Waals surface area contributed by atoms with E-state index in [4.69, 9.17) is 0 Å². The van der Waals surface area contributed by atoms with E-state index < -0.39 is 17.5 Å². The van der Waals surface area contributed by atoms with Crippen LogP contribution in [0.25, 0.3) is 10.9 Å². The summed E-state index contributed by atoms with van der Waals surface area (Å²) in [4.78, 5) is 47.7. The van der Waals surface area contributed by atoms with Gasteiger partial charge in [-0.05, 0) is 48.6 Å². The van der Waals surface area contributed by atoms with Crippen molar-refractivity contribution in [1.82, 2.24) is 14.8 Å². The van der Waals surface area contributed by atoms with E-state index in [0.29, 0.717) is 18.0 Å². The van der Waals surface area contributed by atoms with E-state index in [2.05, 4.69) is 16.4 Å². The number of likely N-dealkylation sites (N-methyl/N-ethyl adjacent to an activating group) is 1. The minimum absolute atomic E-state index is 0.127. The molecular weight excluding hydrogens is 490 g/mol. The molecule has 0 unspecified atom stereocenters. The zero-order valence-electron chi connectivity index (χ0n) is 22.4. The zero-order valence-corrected chi connectivity index (χ0v) is 22.4.